The highest BCUT2D eigenvalue weighted by molar-refractivity contribution is 5.90. The quantitative estimate of drug-likeness (QED) is 0.467. The number of fused-ring (bicyclic) bond motifs is 1. The Hall–Kier alpha value is -4.37. The van der Waals surface area contributed by atoms with Crippen LogP contribution in [0.5, 0.6) is 5.75 Å². The van der Waals surface area contributed by atoms with Crippen LogP contribution < -0.4 is 5.32 Å². The predicted octanol–water partition coefficient (Wildman–Crippen LogP) is 3.06. The predicted molar refractivity (Wildman–Crippen MR) is 145 cm³/mol. The van der Waals surface area contributed by atoms with Gasteiger partial charge in [0.25, 0.3) is 0 Å². The molecule has 2 aliphatic rings. The van der Waals surface area contributed by atoms with Crippen LogP contribution in [0.4, 0.5) is 4.39 Å². The fourth-order valence-electron chi connectivity index (χ4n) is 5.29. The van der Waals surface area contributed by atoms with Gasteiger partial charge in [-0.1, -0.05) is 61.2 Å². The first-order valence-electron chi connectivity index (χ1n) is 12.9. The van der Waals surface area contributed by atoms with Gasteiger partial charge in [-0.25, -0.2) is 9.40 Å². The minimum absolute atomic E-state index is 0.0971. The highest BCUT2D eigenvalue weighted by Crippen LogP contribution is 2.30. The SMILES string of the molecule is C=C(NCc1ccccc1)N1[C@H]2CN(Cc3ccc(F)cc3)C(=O)C(Cc3ccc(O)cc3)N2C(=O)CN1C. The zero-order valence-electron chi connectivity index (χ0n) is 21.8. The van der Waals surface area contributed by atoms with E-state index in [1.54, 1.807) is 46.2 Å². The van der Waals surface area contributed by atoms with Gasteiger partial charge in [0.15, 0.2) is 0 Å². The summed E-state index contributed by atoms with van der Waals surface area (Å²) in [6.07, 6.45) is -0.199. The lowest BCUT2D eigenvalue weighted by Crippen LogP contribution is -2.74. The summed E-state index contributed by atoms with van der Waals surface area (Å²) < 4.78 is 13.5. The molecule has 0 aliphatic carbocycles. The summed E-state index contributed by atoms with van der Waals surface area (Å²) in [6, 6.07) is 22.0. The summed E-state index contributed by atoms with van der Waals surface area (Å²) in [7, 11) is 1.83. The van der Waals surface area contributed by atoms with E-state index in [9.17, 15) is 19.1 Å². The van der Waals surface area contributed by atoms with Gasteiger partial charge < -0.3 is 20.2 Å². The van der Waals surface area contributed by atoms with Crippen LogP contribution in [-0.4, -0.2) is 69.1 Å². The normalized spacial score (nSPS) is 19.7. The van der Waals surface area contributed by atoms with E-state index >= 15 is 0 Å². The Bertz CT molecular complexity index is 1330. The smallest absolute Gasteiger partial charge is 0.246 e. The maximum Gasteiger partial charge on any atom is 0.246 e. The van der Waals surface area contributed by atoms with Gasteiger partial charge in [0.1, 0.15) is 29.6 Å². The van der Waals surface area contributed by atoms with Crippen molar-refractivity contribution in [2.75, 3.05) is 20.1 Å². The highest BCUT2D eigenvalue weighted by Gasteiger charge is 2.49. The Morgan fingerprint density at radius 2 is 1.64 bits per heavy atom. The number of amides is 2. The summed E-state index contributed by atoms with van der Waals surface area (Å²) in [5, 5.41) is 16.9. The van der Waals surface area contributed by atoms with Crippen molar-refractivity contribution in [2.24, 2.45) is 0 Å². The van der Waals surface area contributed by atoms with E-state index in [-0.39, 0.29) is 43.0 Å². The number of benzene rings is 3. The lowest BCUT2D eigenvalue weighted by atomic mass is 9.98. The molecule has 39 heavy (non-hydrogen) atoms. The van der Waals surface area contributed by atoms with Gasteiger partial charge in [-0.2, -0.15) is 0 Å². The van der Waals surface area contributed by atoms with Gasteiger partial charge in [0.2, 0.25) is 11.8 Å². The number of hydrogen-bond donors (Lipinski definition) is 2. The molecule has 2 fully saturated rings. The number of phenols is 1. The number of nitrogens with one attached hydrogen (secondary N) is 1. The van der Waals surface area contributed by atoms with E-state index in [0.29, 0.717) is 18.8 Å². The molecule has 2 heterocycles. The Labute approximate surface area is 227 Å². The van der Waals surface area contributed by atoms with Gasteiger partial charge in [0, 0.05) is 26.6 Å². The second kappa shape index (κ2) is 11.2. The third kappa shape index (κ3) is 5.73. The van der Waals surface area contributed by atoms with Crippen LogP contribution in [0.25, 0.3) is 0 Å². The van der Waals surface area contributed by atoms with Crippen LogP contribution in [0.3, 0.4) is 0 Å². The van der Waals surface area contributed by atoms with Crippen LogP contribution in [0, 0.1) is 5.82 Å². The zero-order valence-corrected chi connectivity index (χ0v) is 21.8. The number of aromatic hydroxyl groups is 1. The number of likely N-dealkylation sites (N-methyl/N-ethyl adjacent to an activating group) is 1. The number of halogens is 1. The molecule has 0 aromatic heterocycles. The summed E-state index contributed by atoms with van der Waals surface area (Å²) in [5.74, 6) is 0.0830. The van der Waals surface area contributed by atoms with Gasteiger partial charge in [-0.15, -0.1) is 0 Å². The van der Waals surface area contributed by atoms with E-state index in [1.807, 2.05) is 47.4 Å². The average molecular weight is 530 g/mol. The molecule has 0 saturated carbocycles. The van der Waals surface area contributed by atoms with Crippen molar-refractivity contribution in [2.45, 2.75) is 31.7 Å². The molecule has 2 N–H and O–H groups in total. The standard InChI is InChI=1S/C30H32FN5O3/c1-21(32-17-23-6-4-3-5-7-23)36-28-19-34(18-24-8-12-25(31)13-9-24)30(39)27(35(28)29(38)20-33(36)2)16-22-10-14-26(37)15-11-22/h3-15,27-28,32,37H,1,16-20H2,2H3/t27?,28-/m0/s1. The number of hydrazine groups is 1. The average Bonchev–Trinajstić information content (AvgIpc) is 2.92. The first kappa shape index (κ1) is 26.2. The molecule has 202 valence electrons. The van der Waals surface area contributed by atoms with E-state index in [2.05, 4.69) is 11.9 Å². The summed E-state index contributed by atoms with van der Waals surface area (Å²) >= 11 is 0. The third-order valence-corrected chi connectivity index (χ3v) is 7.21. The third-order valence-electron chi connectivity index (χ3n) is 7.21. The van der Waals surface area contributed by atoms with E-state index < -0.39 is 12.2 Å². The molecule has 0 spiro atoms. The molecule has 2 saturated heterocycles. The Balaban J connectivity index is 1.45. The molecule has 0 bridgehead atoms. The van der Waals surface area contributed by atoms with Crippen molar-refractivity contribution in [1.82, 2.24) is 25.1 Å². The minimum Gasteiger partial charge on any atom is -0.508 e. The number of rotatable bonds is 8. The molecule has 3 aromatic carbocycles. The second-order valence-corrected chi connectivity index (χ2v) is 9.96. The minimum atomic E-state index is -0.751. The largest absolute Gasteiger partial charge is 0.508 e. The van der Waals surface area contributed by atoms with Crippen LogP contribution >= 0.6 is 0 Å². The maximum absolute atomic E-state index is 13.9. The zero-order chi connectivity index (χ0) is 27.5. The number of carbonyl (C=O) groups is 2. The number of hydrogen-bond acceptors (Lipinski definition) is 6. The molecule has 2 amide bonds. The van der Waals surface area contributed by atoms with Crippen molar-refractivity contribution in [3.05, 3.63) is 114 Å². The maximum atomic E-state index is 13.9. The number of piperazine rings is 1. The molecule has 1 unspecified atom stereocenters. The topological polar surface area (TPSA) is 79.4 Å². The fraction of sp³-hybridized carbons (Fsp3) is 0.267. The Morgan fingerprint density at radius 3 is 2.33 bits per heavy atom. The molecular weight excluding hydrogens is 497 g/mol. The molecule has 3 aromatic rings. The molecule has 8 nitrogen and oxygen atoms in total. The molecule has 0 radical (unpaired) electrons. The lowest BCUT2D eigenvalue weighted by Gasteiger charge is -2.55. The van der Waals surface area contributed by atoms with E-state index in [0.717, 1.165) is 16.7 Å². The number of nitrogens with zero attached hydrogens (tertiary/aromatic N) is 4. The first-order valence-corrected chi connectivity index (χ1v) is 12.9. The van der Waals surface area contributed by atoms with Crippen molar-refractivity contribution >= 4 is 11.8 Å². The lowest BCUT2D eigenvalue weighted by molar-refractivity contribution is -0.192. The van der Waals surface area contributed by atoms with Crippen LogP contribution in [0.2, 0.25) is 0 Å². The van der Waals surface area contributed by atoms with Gasteiger partial charge in [0.05, 0.1) is 13.1 Å². The molecular formula is C30H32FN5O3. The highest BCUT2D eigenvalue weighted by atomic mass is 19.1. The monoisotopic (exact) mass is 529 g/mol. The second-order valence-electron chi connectivity index (χ2n) is 9.96. The number of carbonyl (C=O) groups excluding carboxylic acids is 2. The fourth-order valence-corrected chi connectivity index (χ4v) is 5.29. The molecule has 5 rings (SSSR count). The van der Waals surface area contributed by atoms with Gasteiger partial charge in [-0.3, -0.25) is 14.6 Å². The molecule has 2 atom stereocenters. The van der Waals surface area contributed by atoms with Crippen LogP contribution in [0.15, 0.2) is 91.3 Å². The Kier molecular flexibility index (Phi) is 7.51. The summed E-state index contributed by atoms with van der Waals surface area (Å²) in [4.78, 5) is 30.7. The van der Waals surface area contributed by atoms with Gasteiger partial charge >= 0.3 is 0 Å². The van der Waals surface area contributed by atoms with Crippen molar-refractivity contribution in [3.8, 4) is 5.75 Å². The van der Waals surface area contributed by atoms with E-state index in [4.69, 9.17) is 0 Å². The molecule has 9 heteroatoms. The first-order chi connectivity index (χ1) is 18.8. The summed E-state index contributed by atoms with van der Waals surface area (Å²) in [6.45, 7) is 5.47. The van der Waals surface area contributed by atoms with Crippen LogP contribution in [-0.2, 0) is 29.1 Å². The van der Waals surface area contributed by atoms with Gasteiger partial charge in [-0.05, 0) is 41.0 Å². The van der Waals surface area contributed by atoms with Crippen LogP contribution in [0.1, 0.15) is 16.7 Å². The Morgan fingerprint density at radius 1 is 0.974 bits per heavy atom. The molecule has 2 aliphatic heterocycles. The van der Waals surface area contributed by atoms with Crippen molar-refractivity contribution < 1.29 is 19.1 Å². The summed E-state index contributed by atoms with van der Waals surface area (Å²) in [5.41, 5.74) is 2.71. The van der Waals surface area contributed by atoms with Crippen molar-refractivity contribution in [1.29, 1.82) is 0 Å². The van der Waals surface area contributed by atoms with E-state index in [1.165, 1.54) is 12.1 Å². The van der Waals surface area contributed by atoms with Crippen molar-refractivity contribution in [3.63, 3.8) is 0 Å². The number of phenolic OH excluding ortho intramolecular Hbond substituents is 1.